The van der Waals surface area contributed by atoms with Crippen molar-refractivity contribution >= 4 is 39.4 Å². The molecule has 0 bridgehead atoms. The molecule has 4 rings (SSSR count). The Morgan fingerprint density at radius 2 is 1.27 bits per heavy atom. The second-order valence-corrected chi connectivity index (χ2v) is 6.16. The van der Waals surface area contributed by atoms with E-state index in [1.54, 1.807) is 17.1 Å². The number of rotatable bonds is 2. The summed E-state index contributed by atoms with van der Waals surface area (Å²) in [5.41, 5.74) is 3.07. The Hall–Kier alpha value is -2.66. The van der Waals surface area contributed by atoms with Crippen molar-refractivity contribution in [3.8, 4) is 0 Å². The van der Waals surface area contributed by atoms with Crippen molar-refractivity contribution in [2.24, 2.45) is 0 Å². The van der Waals surface area contributed by atoms with Crippen molar-refractivity contribution in [2.75, 3.05) is 0 Å². The fourth-order valence-corrected chi connectivity index (χ4v) is 3.02. The van der Waals surface area contributed by atoms with E-state index in [0.29, 0.717) is 22.6 Å². The van der Waals surface area contributed by atoms with Gasteiger partial charge in [0, 0.05) is 16.1 Å². The molecule has 0 aromatic heterocycles. The van der Waals surface area contributed by atoms with Gasteiger partial charge in [-0.05, 0) is 24.6 Å². The highest BCUT2D eigenvalue weighted by molar-refractivity contribution is 9.11. The van der Waals surface area contributed by atoms with Gasteiger partial charge >= 0.3 is 11.9 Å². The van der Waals surface area contributed by atoms with Gasteiger partial charge in [0.15, 0.2) is 0 Å². The van der Waals surface area contributed by atoms with Gasteiger partial charge in [-0.1, -0.05) is 65.7 Å². The van der Waals surface area contributed by atoms with Crippen molar-refractivity contribution in [2.45, 2.75) is 19.8 Å². The van der Waals surface area contributed by atoms with Crippen molar-refractivity contribution < 1.29 is 19.1 Å². The quantitative estimate of drug-likeness (QED) is 0.606. The molecule has 0 radical (unpaired) electrons. The molecule has 0 amide bonds. The molecular formula is C21H17BrO4. The van der Waals surface area contributed by atoms with Crippen LogP contribution < -0.4 is 0 Å². The first kappa shape index (κ1) is 18.1. The number of cyclic esters (lactones) is 2. The Kier molecular flexibility index (Phi) is 5.68. The molecule has 0 spiro atoms. The number of halogens is 1. The number of hydrogen-bond acceptors (Lipinski definition) is 4. The van der Waals surface area contributed by atoms with E-state index in [4.69, 9.17) is 9.47 Å². The molecule has 2 heterocycles. The molecule has 0 aliphatic carbocycles. The van der Waals surface area contributed by atoms with Crippen LogP contribution in [0.2, 0.25) is 0 Å². The van der Waals surface area contributed by atoms with Crippen molar-refractivity contribution in [1.29, 1.82) is 0 Å². The summed E-state index contributed by atoms with van der Waals surface area (Å²) in [5, 5.41) is 0. The van der Waals surface area contributed by atoms with Crippen molar-refractivity contribution in [1.82, 2.24) is 0 Å². The fourth-order valence-electron chi connectivity index (χ4n) is 2.68. The lowest BCUT2D eigenvalue weighted by molar-refractivity contribution is 0.0706. The fraction of sp³-hybridized carbons (Fsp3) is 0.143. The van der Waals surface area contributed by atoms with Crippen LogP contribution in [0.5, 0.6) is 0 Å². The molecule has 5 heteroatoms. The molecular weight excluding hydrogens is 396 g/mol. The molecule has 2 aromatic rings. The summed E-state index contributed by atoms with van der Waals surface area (Å²) in [6.45, 7) is 2.10. The summed E-state index contributed by atoms with van der Waals surface area (Å²) >= 11 is 3.13. The first-order chi connectivity index (χ1) is 12.7. The minimum atomic E-state index is -0.281. The van der Waals surface area contributed by atoms with E-state index in [1.807, 2.05) is 42.5 Å². The Morgan fingerprint density at radius 1 is 0.808 bits per heavy atom. The molecule has 2 aromatic carbocycles. The van der Waals surface area contributed by atoms with Crippen LogP contribution in [0, 0.1) is 0 Å². The molecule has 4 nitrogen and oxygen atoms in total. The summed E-state index contributed by atoms with van der Waals surface area (Å²) in [4.78, 5) is 24.1. The van der Waals surface area contributed by atoms with E-state index < -0.39 is 0 Å². The van der Waals surface area contributed by atoms with Gasteiger partial charge in [0.1, 0.15) is 11.5 Å². The summed E-state index contributed by atoms with van der Waals surface area (Å²) in [5.74, 6) is 0.780. The lowest BCUT2D eigenvalue weighted by Gasteiger charge is -1.96. The highest BCUT2D eigenvalue weighted by Crippen LogP contribution is 2.30. The number of fused-ring (bicyclic) bond motifs is 2. The van der Waals surface area contributed by atoms with Gasteiger partial charge in [-0.2, -0.15) is 0 Å². The number of carbonyl (C=O) groups excluding carboxylic acids is 2. The van der Waals surface area contributed by atoms with E-state index >= 15 is 0 Å². The molecule has 0 saturated carbocycles. The highest BCUT2D eigenvalue weighted by Gasteiger charge is 2.25. The largest absolute Gasteiger partial charge is 0.423 e. The average molecular weight is 413 g/mol. The van der Waals surface area contributed by atoms with Gasteiger partial charge in [0.25, 0.3) is 0 Å². The van der Waals surface area contributed by atoms with E-state index in [-0.39, 0.29) is 11.9 Å². The average Bonchev–Trinajstić information content (AvgIpc) is 3.18. The van der Waals surface area contributed by atoms with Crippen LogP contribution in [0.1, 0.15) is 51.6 Å². The number of carbonyl (C=O) groups is 2. The van der Waals surface area contributed by atoms with Gasteiger partial charge in [-0.3, -0.25) is 0 Å². The third kappa shape index (κ3) is 3.63. The van der Waals surface area contributed by atoms with Gasteiger partial charge in [0.05, 0.1) is 11.1 Å². The molecule has 0 unspecified atom stereocenters. The van der Waals surface area contributed by atoms with Crippen LogP contribution in [0.15, 0.2) is 59.6 Å². The van der Waals surface area contributed by atoms with Crippen LogP contribution in [-0.2, 0) is 9.47 Å². The number of esters is 2. The monoisotopic (exact) mass is 412 g/mol. The van der Waals surface area contributed by atoms with E-state index in [1.165, 1.54) is 0 Å². The maximum atomic E-state index is 11.4. The van der Waals surface area contributed by atoms with E-state index in [2.05, 4.69) is 22.9 Å². The number of allylic oxidation sites excluding steroid dienone is 1. The standard InChI is InChI=1S/C12H12O2.C9H5BrO2/c1-2-3-8-11-9-6-4-5-7-10(9)12(13)14-11;10-5-8-6-3-1-2-4-7(6)9(11)12-8/h4-8H,2-3H2,1H3;1-5H/b11-8-;8-5-. The van der Waals surface area contributed by atoms with Gasteiger partial charge in [0.2, 0.25) is 0 Å². The maximum absolute atomic E-state index is 11.4. The van der Waals surface area contributed by atoms with Crippen LogP contribution in [0.3, 0.4) is 0 Å². The molecule has 132 valence electrons. The summed E-state index contributed by atoms with van der Waals surface area (Å²) in [6.07, 6.45) is 3.98. The Morgan fingerprint density at radius 3 is 1.77 bits per heavy atom. The summed E-state index contributed by atoms with van der Waals surface area (Å²) in [6, 6.07) is 14.8. The predicted molar refractivity (Wildman–Crippen MR) is 104 cm³/mol. The molecule has 0 atom stereocenters. The Labute approximate surface area is 160 Å². The molecule has 2 aliphatic heterocycles. The first-order valence-corrected chi connectivity index (χ1v) is 9.21. The molecule has 26 heavy (non-hydrogen) atoms. The number of ether oxygens (including phenoxy) is 2. The van der Waals surface area contributed by atoms with Gasteiger partial charge in [-0.15, -0.1) is 0 Å². The summed E-state index contributed by atoms with van der Waals surface area (Å²) < 4.78 is 10.1. The highest BCUT2D eigenvalue weighted by atomic mass is 79.9. The minimum absolute atomic E-state index is 0.233. The first-order valence-electron chi connectivity index (χ1n) is 8.29. The zero-order valence-corrected chi connectivity index (χ0v) is 15.8. The van der Waals surface area contributed by atoms with Crippen LogP contribution in [0.25, 0.3) is 11.5 Å². The van der Waals surface area contributed by atoms with E-state index in [0.717, 1.165) is 24.0 Å². The molecule has 0 N–H and O–H groups in total. The predicted octanol–water partition coefficient (Wildman–Crippen LogP) is 5.55. The zero-order chi connectivity index (χ0) is 18.5. The maximum Gasteiger partial charge on any atom is 0.344 e. The lowest BCUT2D eigenvalue weighted by atomic mass is 10.1. The number of benzene rings is 2. The third-order valence-electron chi connectivity index (χ3n) is 3.95. The molecule has 0 fully saturated rings. The SMILES string of the molecule is CCC/C=C1\OC(=O)c2ccccc21.O=C1O/C(=C\Br)c2ccccc21. The second kappa shape index (κ2) is 8.15. The number of unbranched alkanes of at least 4 members (excludes halogenated alkanes) is 1. The van der Waals surface area contributed by atoms with E-state index in [9.17, 15) is 9.59 Å². The normalized spacial score (nSPS) is 17.3. The zero-order valence-electron chi connectivity index (χ0n) is 14.2. The van der Waals surface area contributed by atoms with Crippen LogP contribution in [-0.4, -0.2) is 11.9 Å². The Bertz CT molecular complexity index is 912. The molecule has 0 saturated heterocycles. The smallest absolute Gasteiger partial charge is 0.344 e. The topological polar surface area (TPSA) is 52.6 Å². The van der Waals surface area contributed by atoms with Crippen LogP contribution in [0.4, 0.5) is 0 Å². The second-order valence-electron chi connectivity index (χ2n) is 5.70. The third-order valence-corrected chi connectivity index (χ3v) is 4.36. The lowest BCUT2D eigenvalue weighted by Crippen LogP contribution is -1.92. The van der Waals surface area contributed by atoms with Crippen molar-refractivity contribution in [3.05, 3.63) is 81.8 Å². The van der Waals surface area contributed by atoms with Crippen molar-refractivity contribution in [3.63, 3.8) is 0 Å². The molecule has 2 aliphatic rings. The van der Waals surface area contributed by atoms with Gasteiger partial charge < -0.3 is 9.47 Å². The Balaban J connectivity index is 0.000000152. The summed E-state index contributed by atoms with van der Waals surface area (Å²) in [7, 11) is 0. The van der Waals surface area contributed by atoms with Crippen LogP contribution >= 0.6 is 15.9 Å². The minimum Gasteiger partial charge on any atom is -0.423 e. The van der Waals surface area contributed by atoms with Gasteiger partial charge in [-0.25, -0.2) is 9.59 Å². The number of hydrogen-bond donors (Lipinski definition) is 0.